The van der Waals surface area contributed by atoms with Crippen molar-refractivity contribution < 1.29 is 19.1 Å². The van der Waals surface area contributed by atoms with E-state index in [0.717, 1.165) is 6.42 Å². The minimum Gasteiger partial charge on any atom is -0.465 e. The van der Waals surface area contributed by atoms with E-state index in [0.29, 0.717) is 11.3 Å². The van der Waals surface area contributed by atoms with Gasteiger partial charge >= 0.3 is 5.97 Å². The van der Waals surface area contributed by atoms with Crippen LogP contribution in [-0.4, -0.2) is 37.5 Å². The lowest BCUT2D eigenvalue weighted by Gasteiger charge is -2.22. The number of hydrogen-bond donors (Lipinski definition) is 1. The number of hydrogen-bond acceptors (Lipinski definition) is 4. The third-order valence-corrected chi connectivity index (χ3v) is 3.54. The molecule has 1 atom stereocenters. The van der Waals surface area contributed by atoms with E-state index >= 15 is 0 Å². The van der Waals surface area contributed by atoms with Gasteiger partial charge < -0.3 is 15.0 Å². The third-order valence-electron chi connectivity index (χ3n) is 3.54. The summed E-state index contributed by atoms with van der Waals surface area (Å²) in [7, 11) is 1.30. The Labute approximate surface area is 136 Å². The Balaban J connectivity index is 2.81. The number of esters is 1. The molecule has 6 nitrogen and oxygen atoms in total. The van der Waals surface area contributed by atoms with E-state index in [-0.39, 0.29) is 30.8 Å². The average Bonchev–Trinajstić information content (AvgIpc) is 2.54. The maximum atomic E-state index is 11.9. The summed E-state index contributed by atoms with van der Waals surface area (Å²) in [6.07, 6.45) is 1.05. The van der Waals surface area contributed by atoms with Crippen LogP contribution in [0.2, 0.25) is 0 Å². The standard InChI is InChI=1S/C17H24N2O4/c1-5-12(2)18-16(21)9-10-19(13(3)20)15-8-6-7-14(11-15)17(22)23-4/h6-8,11-12H,5,9-10H2,1-4H3,(H,18,21). The fourth-order valence-corrected chi connectivity index (χ4v) is 2.05. The Hall–Kier alpha value is -2.37. The fourth-order valence-electron chi connectivity index (χ4n) is 2.05. The zero-order chi connectivity index (χ0) is 17.4. The van der Waals surface area contributed by atoms with E-state index in [1.165, 1.54) is 18.9 Å². The summed E-state index contributed by atoms with van der Waals surface area (Å²) < 4.78 is 4.68. The lowest BCUT2D eigenvalue weighted by Crippen LogP contribution is -2.36. The van der Waals surface area contributed by atoms with Gasteiger partial charge in [0.15, 0.2) is 0 Å². The molecule has 0 saturated heterocycles. The molecule has 1 N–H and O–H groups in total. The van der Waals surface area contributed by atoms with Crippen LogP contribution in [0.15, 0.2) is 24.3 Å². The van der Waals surface area contributed by atoms with E-state index < -0.39 is 5.97 Å². The summed E-state index contributed by atoms with van der Waals surface area (Å²) >= 11 is 0. The molecule has 0 aliphatic heterocycles. The molecular formula is C17H24N2O4. The fraction of sp³-hybridized carbons (Fsp3) is 0.471. The molecule has 2 amide bonds. The number of nitrogens with zero attached hydrogens (tertiary/aromatic N) is 1. The lowest BCUT2D eigenvalue weighted by molar-refractivity contribution is -0.121. The first kappa shape index (κ1) is 18.7. The number of carbonyl (C=O) groups excluding carboxylic acids is 3. The highest BCUT2D eigenvalue weighted by Gasteiger charge is 2.16. The van der Waals surface area contributed by atoms with Crippen molar-refractivity contribution in [2.45, 2.75) is 39.7 Å². The normalized spacial score (nSPS) is 11.5. The highest BCUT2D eigenvalue weighted by atomic mass is 16.5. The number of anilines is 1. The molecule has 0 bridgehead atoms. The number of methoxy groups -OCH3 is 1. The molecule has 0 spiro atoms. The third kappa shape index (κ3) is 5.73. The van der Waals surface area contributed by atoms with E-state index in [4.69, 9.17) is 0 Å². The van der Waals surface area contributed by atoms with Gasteiger partial charge in [-0.3, -0.25) is 9.59 Å². The monoisotopic (exact) mass is 320 g/mol. The van der Waals surface area contributed by atoms with Crippen LogP contribution in [0.25, 0.3) is 0 Å². The second-order valence-electron chi connectivity index (χ2n) is 5.34. The minimum absolute atomic E-state index is 0.102. The Morgan fingerprint density at radius 1 is 1.30 bits per heavy atom. The molecule has 0 fully saturated rings. The highest BCUT2D eigenvalue weighted by Crippen LogP contribution is 2.17. The minimum atomic E-state index is -0.468. The van der Waals surface area contributed by atoms with Crippen molar-refractivity contribution in [2.75, 3.05) is 18.6 Å². The molecule has 23 heavy (non-hydrogen) atoms. The highest BCUT2D eigenvalue weighted by molar-refractivity contribution is 5.95. The van der Waals surface area contributed by atoms with Gasteiger partial charge in [-0.2, -0.15) is 0 Å². The van der Waals surface area contributed by atoms with Crippen LogP contribution < -0.4 is 10.2 Å². The molecule has 0 saturated carbocycles. The number of amides is 2. The molecule has 1 unspecified atom stereocenters. The van der Waals surface area contributed by atoms with Crippen LogP contribution in [0.1, 0.15) is 44.0 Å². The Morgan fingerprint density at radius 2 is 2.00 bits per heavy atom. The first-order chi connectivity index (χ1) is 10.9. The SMILES string of the molecule is CCC(C)NC(=O)CCN(C(C)=O)c1cccc(C(=O)OC)c1. The van der Waals surface area contributed by atoms with Crippen LogP contribution in [-0.2, 0) is 14.3 Å². The largest absolute Gasteiger partial charge is 0.465 e. The summed E-state index contributed by atoms with van der Waals surface area (Å²) in [5.41, 5.74) is 0.928. The van der Waals surface area contributed by atoms with Crippen LogP contribution in [0, 0.1) is 0 Å². The zero-order valence-corrected chi connectivity index (χ0v) is 14.1. The van der Waals surface area contributed by atoms with E-state index in [9.17, 15) is 14.4 Å². The first-order valence-corrected chi connectivity index (χ1v) is 7.64. The second-order valence-corrected chi connectivity index (χ2v) is 5.34. The van der Waals surface area contributed by atoms with Gasteiger partial charge in [-0.15, -0.1) is 0 Å². The molecule has 0 radical (unpaired) electrons. The van der Waals surface area contributed by atoms with Gasteiger partial charge in [0.2, 0.25) is 11.8 Å². The van der Waals surface area contributed by atoms with Crippen molar-refractivity contribution in [1.82, 2.24) is 5.32 Å². The summed E-state index contributed by atoms with van der Waals surface area (Å²) in [5, 5.41) is 2.86. The maximum Gasteiger partial charge on any atom is 0.337 e. The van der Waals surface area contributed by atoms with Crippen molar-refractivity contribution in [1.29, 1.82) is 0 Å². The molecule has 0 aliphatic carbocycles. The second kappa shape index (κ2) is 8.92. The number of nitrogens with one attached hydrogen (secondary N) is 1. The van der Waals surface area contributed by atoms with Crippen molar-refractivity contribution >= 4 is 23.5 Å². The Morgan fingerprint density at radius 3 is 2.57 bits per heavy atom. The van der Waals surface area contributed by atoms with Gasteiger partial charge in [0, 0.05) is 31.6 Å². The van der Waals surface area contributed by atoms with Gasteiger partial charge in [-0.05, 0) is 31.5 Å². The van der Waals surface area contributed by atoms with Gasteiger partial charge in [0.25, 0.3) is 0 Å². The van der Waals surface area contributed by atoms with Crippen molar-refractivity contribution in [3.63, 3.8) is 0 Å². The van der Waals surface area contributed by atoms with E-state index in [1.807, 2.05) is 13.8 Å². The van der Waals surface area contributed by atoms with Gasteiger partial charge in [0.1, 0.15) is 0 Å². The van der Waals surface area contributed by atoms with Crippen LogP contribution in [0.4, 0.5) is 5.69 Å². The smallest absolute Gasteiger partial charge is 0.337 e. The number of rotatable bonds is 7. The number of ether oxygens (including phenoxy) is 1. The Kier molecular flexibility index (Phi) is 7.25. The predicted molar refractivity (Wildman–Crippen MR) is 88.3 cm³/mol. The first-order valence-electron chi connectivity index (χ1n) is 7.64. The predicted octanol–water partition coefficient (Wildman–Crippen LogP) is 2.13. The summed E-state index contributed by atoms with van der Waals surface area (Å²) in [6.45, 7) is 5.60. The van der Waals surface area contributed by atoms with Crippen LogP contribution >= 0.6 is 0 Å². The summed E-state index contributed by atoms with van der Waals surface area (Å²) in [5.74, 6) is -0.761. The molecule has 6 heteroatoms. The van der Waals surface area contributed by atoms with Gasteiger partial charge in [0.05, 0.1) is 12.7 Å². The number of benzene rings is 1. The van der Waals surface area contributed by atoms with Crippen molar-refractivity contribution in [3.8, 4) is 0 Å². The summed E-state index contributed by atoms with van der Waals surface area (Å²) in [6, 6.07) is 6.70. The topological polar surface area (TPSA) is 75.7 Å². The average molecular weight is 320 g/mol. The molecular weight excluding hydrogens is 296 g/mol. The molecule has 126 valence electrons. The molecule has 1 rings (SSSR count). The van der Waals surface area contributed by atoms with Crippen LogP contribution in [0.5, 0.6) is 0 Å². The molecule has 0 aliphatic rings. The lowest BCUT2D eigenvalue weighted by atomic mass is 10.1. The van der Waals surface area contributed by atoms with Gasteiger partial charge in [-0.25, -0.2) is 4.79 Å². The van der Waals surface area contributed by atoms with Crippen molar-refractivity contribution in [3.05, 3.63) is 29.8 Å². The maximum absolute atomic E-state index is 11.9. The Bertz CT molecular complexity index is 571. The molecule has 1 aromatic carbocycles. The summed E-state index contributed by atoms with van der Waals surface area (Å²) in [4.78, 5) is 36.8. The molecule has 1 aromatic rings. The quantitative estimate of drug-likeness (QED) is 0.781. The van der Waals surface area contributed by atoms with Crippen molar-refractivity contribution in [2.24, 2.45) is 0 Å². The van der Waals surface area contributed by atoms with E-state index in [1.54, 1.807) is 24.3 Å². The van der Waals surface area contributed by atoms with E-state index in [2.05, 4.69) is 10.1 Å². The van der Waals surface area contributed by atoms with Crippen LogP contribution in [0.3, 0.4) is 0 Å². The molecule has 0 heterocycles. The van der Waals surface area contributed by atoms with Gasteiger partial charge in [-0.1, -0.05) is 13.0 Å². The molecule has 0 aromatic heterocycles. The zero-order valence-electron chi connectivity index (χ0n) is 14.1. The number of carbonyl (C=O) groups is 3.